The molecule has 0 spiro atoms. The van der Waals surface area contributed by atoms with E-state index >= 15 is 0 Å². The van der Waals surface area contributed by atoms with Gasteiger partial charge in [-0.1, -0.05) is 24.6 Å². The number of hydrogen-bond acceptors (Lipinski definition) is 4. The number of aromatic amines is 1. The van der Waals surface area contributed by atoms with Crippen molar-refractivity contribution in [3.05, 3.63) is 52.9 Å². The Morgan fingerprint density at radius 1 is 1.25 bits per heavy atom. The fraction of sp³-hybridized carbons (Fsp3) is 0.118. The Hall–Kier alpha value is -2.86. The molecule has 2 heterocycles. The molecule has 0 aliphatic carbocycles. The lowest BCUT2D eigenvalue weighted by Crippen LogP contribution is -2.00. The second kappa shape index (κ2) is 6.33. The van der Waals surface area contributed by atoms with Crippen LogP contribution in [0, 0.1) is 0 Å². The fourth-order valence-electron chi connectivity index (χ4n) is 2.60. The van der Waals surface area contributed by atoms with Gasteiger partial charge < -0.3 is 15.8 Å². The number of carbonyl (C=O) groups is 1. The number of anilines is 1. The van der Waals surface area contributed by atoms with Crippen LogP contribution in [0.2, 0.25) is 5.02 Å². The zero-order valence-electron chi connectivity index (χ0n) is 12.9. The van der Waals surface area contributed by atoms with Crippen LogP contribution >= 0.6 is 11.6 Å². The molecule has 24 heavy (non-hydrogen) atoms. The summed E-state index contributed by atoms with van der Waals surface area (Å²) in [6.07, 6.45) is 2.09. The zero-order chi connectivity index (χ0) is 17.3. The summed E-state index contributed by atoms with van der Waals surface area (Å²) in [5, 5.41) is 10.1. The topological polar surface area (TPSA) is 105 Å². The number of aromatic carboxylic acids is 1. The lowest BCUT2D eigenvalue weighted by molar-refractivity contribution is 0.0692. The van der Waals surface area contributed by atoms with E-state index in [1.54, 1.807) is 24.3 Å². The summed E-state index contributed by atoms with van der Waals surface area (Å²) in [6.45, 7) is 2.01. The predicted molar refractivity (Wildman–Crippen MR) is 93.0 cm³/mol. The number of carboxylic acids is 1. The minimum absolute atomic E-state index is 0.0825. The lowest BCUT2D eigenvalue weighted by atomic mass is 9.98. The Kier molecular flexibility index (Phi) is 4.22. The van der Waals surface area contributed by atoms with Gasteiger partial charge in [-0.25, -0.2) is 14.8 Å². The molecule has 0 amide bonds. The van der Waals surface area contributed by atoms with E-state index in [9.17, 15) is 9.90 Å². The molecule has 1 aromatic carbocycles. The largest absolute Gasteiger partial charge is 0.477 e. The Balaban J connectivity index is 2.22. The Morgan fingerprint density at radius 2 is 2.04 bits per heavy atom. The summed E-state index contributed by atoms with van der Waals surface area (Å²) >= 11 is 6.11. The number of hydrogen-bond donors (Lipinski definition) is 3. The standard InChI is InChI=1S/C17H15ClN4O2/c1-2-9-3-4-10(18)5-11(9)12-6-14(22-16(12)17(23)24)13-7-15(19)21-8-20-13/h3-8,22H,2H2,1H3,(H,23,24)(H2,19,20,21). The third kappa shape index (κ3) is 2.96. The number of H-pyrrole nitrogens is 1. The average molecular weight is 343 g/mol. The van der Waals surface area contributed by atoms with Crippen LogP contribution in [0.15, 0.2) is 36.7 Å². The molecule has 0 bridgehead atoms. The first-order valence-electron chi connectivity index (χ1n) is 7.32. The summed E-state index contributed by atoms with van der Waals surface area (Å²) in [7, 11) is 0. The third-order valence-electron chi connectivity index (χ3n) is 3.74. The van der Waals surface area contributed by atoms with Gasteiger partial charge in [-0.05, 0) is 35.7 Å². The number of benzene rings is 1. The second-order valence-corrected chi connectivity index (χ2v) is 5.70. The number of nitrogens with one attached hydrogen (secondary N) is 1. The first kappa shape index (κ1) is 16.0. The van der Waals surface area contributed by atoms with Crippen molar-refractivity contribution < 1.29 is 9.90 Å². The summed E-state index contributed by atoms with van der Waals surface area (Å²) < 4.78 is 0. The highest BCUT2D eigenvalue weighted by Gasteiger charge is 2.19. The van der Waals surface area contributed by atoms with Gasteiger partial charge in [0.25, 0.3) is 0 Å². The number of nitrogens with two attached hydrogens (primary N) is 1. The number of nitrogens with zero attached hydrogens (tertiary/aromatic N) is 2. The van der Waals surface area contributed by atoms with E-state index in [1.165, 1.54) is 6.33 Å². The van der Waals surface area contributed by atoms with Crippen molar-refractivity contribution in [2.45, 2.75) is 13.3 Å². The van der Waals surface area contributed by atoms with Crippen molar-refractivity contribution in [2.75, 3.05) is 5.73 Å². The molecule has 0 atom stereocenters. The minimum atomic E-state index is -1.06. The monoisotopic (exact) mass is 342 g/mol. The van der Waals surface area contributed by atoms with Crippen LogP contribution in [-0.4, -0.2) is 26.0 Å². The van der Waals surface area contributed by atoms with E-state index < -0.39 is 5.97 Å². The molecule has 0 unspecified atom stereocenters. The Labute approximate surface area is 143 Å². The summed E-state index contributed by atoms with van der Waals surface area (Å²) in [4.78, 5) is 22.6. The van der Waals surface area contributed by atoms with Gasteiger partial charge in [0.05, 0.1) is 11.4 Å². The molecule has 6 nitrogen and oxygen atoms in total. The van der Waals surface area contributed by atoms with Crippen molar-refractivity contribution in [1.29, 1.82) is 0 Å². The van der Waals surface area contributed by atoms with Crippen LogP contribution in [0.3, 0.4) is 0 Å². The number of rotatable bonds is 4. The van der Waals surface area contributed by atoms with E-state index in [1.807, 2.05) is 13.0 Å². The smallest absolute Gasteiger partial charge is 0.352 e. The first-order chi connectivity index (χ1) is 11.5. The first-order valence-corrected chi connectivity index (χ1v) is 7.70. The zero-order valence-corrected chi connectivity index (χ0v) is 13.6. The van der Waals surface area contributed by atoms with Crippen molar-refractivity contribution in [2.24, 2.45) is 0 Å². The van der Waals surface area contributed by atoms with Gasteiger partial charge >= 0.3 is 5.97 Å². The maximum Gasteiger partial charge on any atom is 0.352 e. The number of carboxylic acid groups (broad SMARTS) is 1. The molecule has 7 heteroatoms. The summed E-state index contributed by atoms with van der Waals surface area (Å²) in [6, 6.07) is 8.80. The van der Waals surface area contributed by atoms with Crippen LogP contribution in [0.25, 0.3) is 22.5 Å². The molecule has 3 rings (SSSR count). The van der Waals surface area contributed by atoms with E-state index in [2.05, 4.69) is 15.0 Å². The van der Waals surface area contributed by atoms with Gasteiger partial charge in [0.1, 0.15) is 17.8 Å². The SMILES string of the molecule is CCc1ccc(Cl)cc1-c1cc(-c2cc(N)ncn2)[nH]c1C(=O)O. The van der Waals surface area contributed by atoms with Gasteiger partial charge in [0, 0.05) is 16.7 Å². The molecule has 4 N–H and O–H groups in total. The molecule has 0 aliphatic heterocycles. The number of aryl methyl sites for hydroxylation is 1. The van der Waals surface area contributed by atoms with E-state index in [0.717, 1.165) is 17.5 Å². The molecule has 0 aliphatic rings. The Bertz CT molecular complexity index is 921. The molecular weight excluding hydrogens is 328 g/mol. The number of halogens is 1. The second-order valence-electron chi connectivity index (χ2n) is 5.26. The quantitative estimate of drug-likeness (QED) is 0.671. The van der Waals surface area contributed by atoms with E-state index in [0.29, 0.717) is 27.8 Å². The Morgan fingerprint density at radius 3 is 2.71 bits per heavy atom. The van der Waals surface area contributed by atoms with Crippen molar-refractivity contribution in [1.82, 2.24) is 15.0 Å². The van der Waals surface area contributed by atoms with Crippen molar-refractivity contribution >= 4 is 23.4 Å². The highest BCUT2D eigenvalue weighted by atomic mass is 35.5. The molecular formula is C17H15ClN4O2. The van der Waals surface area contributed by atoms with Crippen LogP contribution in [0.5, 0.6) is 0 Å². The summed E-state index contributed by atoms with van der Waals surface area (Å²) in [5.74, 6) is -0.745. The van der Waals surface area contributed by atoms with Crippen LogP contribution in [-0.2, 0) is 6.42 Å². The molecule has 0 saturated heterocycles. The highest BCUT2D eigenvalue weighted by Crippen LogP contribution is 2.33. The summed E-state index contributed by atoms with van der Waals surface area (Å²) in [5.41, 5.74) is 9.20. The molecule has 122 valence electrons. The maximum absolute atomic E-state index is 11.7. The molecule has 0 radical (unpaired) electrons. The molecule has 0 saturated carbocycles. The number of aromatic nitrogens is 3. The van der Waals surface area contributed by atoms with Crippen molar-refractivity contribution in [3.63, 3.8) is 0 Å². The fourth-order valence-corrected chi connectivity index (χ4v) is 2.77. The number of nitrogen functional groups attached to an aromatic ring is 1. The molecule has 2 aromatic heterocycles. The van der Waals surface area contributed by atoms with Gasteiger partial charge in [-0.15, -0.1) is 0 Å². The third-order valence-corrected chi connectivity index (χ3v) is 3.97. The molecule has 0 fully saturated rings. The maximum atomic E-state index is 11.7. The normalized spacial score (nSPS) is 10.8. The molecule has 3 aromatic rings. The van der Waals surface area contributed by atoms with Gasteiger partial charge in [0.2, 0.25) is 0 Å². The minimum Gasteiger partial charge on any atom is -0.477 e. The highest BCUT2D eigenvalue weighted by molar-refractivity contribution is 6.31. The average Bonchev–Trinajstić information content (AvgIpc) is 3.00. The van der Waals surface area contributed by atoms with Crippen molar-refractivity contribution in [3.8, 4) is 22.5 Å². The predicted octanol–water partition coefficient (Wildman–Crippen LogP) is 3.63. The van der Waals surface area contributed by atoms with Gasteiger partial charge in [-0.3, -0.25) is 0 Å². The van der Waals surface area contributed by atoms with Crippen LogP contribution in [0.4, 0.5) is 5.82 Å². The van der Waals surface area contributed by atoms with E-state index in [-0.39, 0.29) is 5.69 Å². The lowest BCUT2D eigenvalue weighted by Gasteiger charge is -2.08. The van der Waals surface area contributed by atoms with Gasteiger partial charge in [-0.2, -0.15) is 0 Å². The van der Waals surface area contributed by atoms with Crippen LogP contribution in [0.1, 0.15) is 23.0 Å². The van der Waals surface area contributed by atoms with Crippen LogP contribution < -0.4 is 5.73 Å². The van der Waals surface area contributed by atoms with E-state index in [4.69, 9.17) is 17.3 Å². The van der Waals surface area contributed by atoms with Gasteiger partial charge in [0.15, 0.2) is 0 Å².